The third kappa shape index (κ3) is 6.12. The van der Waals surface area contributed by atoms with E-state index in [1.54, 1.807) is 30.6 Å². The van der Waals surface area contributed by atoms with Crippen molar-refractivity contribution in [3.63, 3.8) is 0 Å². The fourth-order valence-electron chi connectivity index (χ4n) is 8.93. The molecule has 1 amide bonds. The van der Waals surface area contributed by atoms with E-state index < -0.39 is 49.3 Å². The van der Waals surface area contributed by atoms with Gasteiger partial charge in [0.1, 0.15) is 21.2 Å². The number of rotatable bonds is 13. The van der Waals surface area contributed by atoms with Crippen molar-refractivity contribution in [2.24, 2.45) is 0 Å². The number of aliphatic hydroxyl groups is 1. The van der Waals surface area contributed by atoms with E-state index in [9.17, 15) is 9.90 Å². The van der Waals surface area contributed by atoms with E-state index in [0.717, 1.165) is 16.7 Å². The van der Waals surface area contributed by atoms with Crippen molar-refractivity contribution in [1.82, 2.24) is 19.5 Å². The number of hydrogen-bond acceptors (Lipinski definition) is 10. The zero-order chi connectivity index (χ0) is 40.5. The molecule has 7 rings (SSSR count). The van der Waals surface area contributed by atoms with Crippen LogP contribution in [0.15, 0.2) is 134 Å². The predicted octanol–water partition coefficient (Wildman–Crippen LogP) is 6.66. The highest BCUT2D eigenvalue weighted by atomic mass is 28.3. The van der Waals surface area contributed by atoms with Crippen LogP contribution >= 0.6 is 0 Å². The smallest absolute Gasteiger partial charge is 0.265 e. The summed E-state index contributed by atoms with van der Waals surface area (Å²) in [6.07, 6.45) is 1.81. The number of ether oxygens (including phenoxy) is 3. The summed E-state index contributed by atoms with van der Waals surface area (Å²) < 4.78 is 24.1. The molecule has 12 nitrogen and oxygen atoms in total. The number of carbonyl (C=O) groups is 1. The van der Waals surface area contributed by atoms with Crippen LogP contribution in [0.4, 0.5) is 5.82 Å². The number of anilines is 1. The third-order valence-corrected chi connectivity index (χ3v) is 13.2. The zero-order valence-electron chi connectivity index (χ0n) is 33.2. The first kappa shape index (κ1) is 40.1. The fraction of sp³-hybridized carbons (Fsp3) is 0.318. The van der Waals surface area contributed by atoms with Crippen LogP contribution in [0.25, 0.3) is 11.2 Å². The van der Waals surface area contributed by atoms with E-state index in [4.69, 9.17) is 34.0 Å². The number of methoxy groups -OCH3 is 1. The minimum atomic E-state index is -2.51. The molecular weight excluding hydrogens is 739 g/mol. The highest BCUT2D eigenvalue weighted by Crippen LogP contribution is 2.68. The van der Waals surface area contributed by atoms with Gasteiger partial charge in [0.25, 0.3) is 11.7 Å². The number of amides is 1. The molecule has 1 aliphatic rings. The highest BCUT2D eigenvalue weighted by molar-refractivity contribution is 6.58. The zero-order valence-corrected chi connectivity index (χ0v) is 34.4. The van der Waals surface area contributed by atoms with Crippen molar-refractivity contribution < 1.29 is 33.9 Å². The molecule has 0 aliphatic carbocycles. The molecule has 4 aromatic carbocycles. The van der Waals surface area contributed by atoms with Crippen molar-refractivity contribution >= 4 is 31.7 Å². The first-order valence-corrected chi connectivity index (χ1v) is 21.8. The van der Waals surface area contributed by atoms with E-state index in [1.807, 2.05) is 86.0 Å². The summed E-state index contributed by atoms with van der Waals surface area (Å²) in [5.74, 6) is -2.17. The topological polar surface area (TPSA) is 139 Å². The van der Waals surface area contributed by atoms with Gasteiger partial charge in [-0.1, -0.05) is 122 Å². The second-order valence-corrected chi connectivity index (χ2v) is 18.4. The molecule has 6 aromatic rings. The van der Waals surface area contributed by atoms with Gasteiger partial charge in [0.2, 0.25) is 0 Å². The van der Waals surface area contributed by atoms with E-state index in [-0.39, 0.29) is 11.7 Å². The fourth-order valence-corrected chi connectivity index (χ4v) is 11.4. The second kappa shape index (κ2) is 15.7. The number of benzene rings is 4. The first-order chi connectivity index (χ1) is 27.5. The minimum Gasteiger partial charge on any atom is -0.393 e. The Morgan fingerprint density at radius 1 is 0.825 bits per heavy atom. The van der Waals surface area contributed by atoms with Crippen LogP contribution in [-0.4, -0.2) is 83.2 Å². The Bertz CT molecular complexity index is 2200. The number of aliphatic hydroxyl groups excluding tert-OH is 1. The van der Waals surface area contributed by atoms with Crippen LogP contribution in [0, 0.1) is 0 Å². The Kier molecular flexibility index (Phi) is 11.0. The van der Waals surface area contributed by atoms with E-state index in [2.05, 4.69) is 59.8 Å². The largest absolute Gasteiger partial charge is 0.393 e. The summed E-state index contributed by atoms with van der Waals surface area (Å²) in [7, 11) is 0.409. The molecule has 1 aliphatic heterocycles. The number of imidazole rings is 1. The van der Waals surface area contributed by atoms with Gasteiger partial charge in [-0.3, -0.25) is 9.36 Å². The second-order valence-electron chi connectivity index (χ2n) is 15.3. The molecule has 0 spiro atoms. The average Bonchev–Trinajstić information content (AvgIpc) is 3.76. The number of aromatic nitrogens is 4. The Labute approximate surface area is 334 Å². The lowest BCUT2D eigenvalue weighted by Gasteiger charge is -2.62. The summed E-state index contributed by atoms with van der Waals surface area (Å²) in [6, 6.07) is 39.1. The van der Waals surface area contributed by atoms with Gasteiger partial charge in [-0.2, -0.15) is 4.89 Å². The van der Waals surface area contributed by atoms with E-state index in [1.165, 1.54) is 20.5 Å². The standard InChI is InChI=1S/C44H49N5O7Si/c1-40(2,3)55-43(41(32-22-14-9-15-23-32,33-24-16-10-17-25-33)34-26-18-11-19-27-34)42(52-4,56-53-5)35(28-50)54-44(43,57(6)7)49-30-47-36-37(45-29-46-38(36)49)48-39(51)31-20-12-8-13-21-31/h8-27,29-30,35,50,57H,28H2,1-7H3,(H,45,46,48,51)/t35-,42-,43-,44+/m1/s1. The average molecular weight is 788 g/mol. The van der Waals surface area contributed by atoms with Crippen LogP contribution in [0.3, 0.4) is 0 Å². The molecule has 2 aromatic heterocycles. The monoisotopic (exact) mass is 787 g/mol. The molecule has 296 valence electrons. The van der Waals surface area contributed by atoms with Gasteiger partial charge < -0.3 is 24.6 Å². The number of hydrogen-bond donors (Lipinski definition) is 2. The van der Waals surface area contributed by atoms with Crippen molar-refractivity contribution in [2.45, 2.75) is 67.7 Å². The summed E-state index contributed by atoms with van der Waals surface area (Å²) >= 11 is 0. The van der Waals surface area contributed by atoms with Crippen molar-refractivity contribution in [3.05, 3.63) is 156 Å². The van der Waals surface area contributed by atoms with Gasteiger partial charge in [0.15, 0.2) is 27.9 Å². The number of fused-ring (bicyclic) bond motifs is 1. The Hall–Kier alpha value is -5.12. The van der Waals surface area contributed by atoms with Crippen LogP contribution in [-0.2, 0) is 34.7 Å². The van der Waals surface area contributed by atoms with Gasteiger partial charge >= 0.3 is 0 Å². The van der Waals surface area contributed by atoms with Crippen molar-refractivity contribution in [3.8, 4) is 0 Å². The molecule has 57 heavy (non-hydrogen) atoms. The van der Waals surface area contributed by atoms with E-state index >= 15 is 0 Å². The predicted molar refractivity (Wildman–Crippen MR) is 219 cm³/mol. The first-order valence-electron chi connectivity index (χ1n) is 18.9. The molecule has 1 fully saturated rings. The Morgan fingerprint density at radius 2 is 1.35 bits per heavy atom. The van der Waals surface area contributed by atoms with Gasteiger partial charge in [-0.25, -0.2) is 19.8 Å². The quantitative estimate of drug-likeness (QED) is 0.0430. The van der Waals surface area contributed by atoms with Gasteiger partial charge in [-0.05, 0) is 49.6 Å². The maximum absolute atomic E-state index is 13.5. The van der Waals surface area contributed by atoms with Crippen LogP contribution in [0.2, 0.25) is 13.1 Å². The maximum atomic E-state index is 13.5. The highest BCUT2D eigenvalue weighted by Gasteiger charge is 2.87. The SMILES string of the molecule is COO[C@]1(OC)[C@@H](CO)O[C@](n2cnc3c(NC(=O)c4ccccc4)ncnc32)([SiH](C)C)[C@@]1(OC(C)(C)C)C(c1ccccc1)(c1ccccc1)c1ccccc1. The molecule has 0 radical (unpaired) electrons. The molecule has 0 saturated carbocycles. The maximum Gasteiger partial charge on any atom is 0.265 e. The molecule has 1 saturated heterocycles. The molecule has 2 N–H and O–H groups in total. The van der Waals surface area contributed by atoms with Gasteiger partial charge in [-0.15, -0.1) is 0 Å². The molecule has 4 atom stereocenters. The van der Waals surface area contributed by atoms with Gasteiger partial charge in [0.05, 0.1) is 31.1 Å². The van der Waals surface area contributed by atoms with Gasteiger partial charge in [0, 0.05) is 12.7 Å². The Balaban J connectivity index is 1.70. The normalized spacial score (nSPS) is 22.6. The molecule has 13 heteroatoms. The van der Waals surface area contributed by atoms with Crippen LogP contribution in [0.1, 0.15) is 47.8 Å². The lowest BCUT2D eigenvalue weighted by Crippen LogP contribution is -2.80. The Morgan fingerprint density at radius 3 is 1.81 bits per heavy atom. The molecule has 0 bridgehead atoms. The van der Waals surface area contributed by atoms with Crippen LogP contribution < -0.4 is 5.32 Å². The molecular formula is C44H49N5O7Si. The molecule has 3 heterocycles. The third-order valence-electron chi connectivity index (χ3n) is 10.8. The minimum absolute atomic E-state index is 0.207. The summed E-state index contributed by atoms with van der Waals surface area (Å²) in [4.78, 5) is 40.0. The summed E-state index contributed by atoms with van der Waals surface area (Å²) in [5, 5.41) is 12.9. The number of carbonyl (C=O) groups excluding carboxylic acids is 1. The summed E-state index contributed by atoms with van der Waals surface area (Å²) in [5.41, 5.74) is -0.605. The van der Waals surface area contributed by atoms with E-state index in [0.29, 0.717) is 16.7 Å². The van der Waals surface area contributed by atoms with Crippen molar-refractivity contribution in [1.29, 1.82) is 0 Å². The van der Waals surface area contributed by atoms with Crippen LogP contribution in [0.5, 0.6) is 0 Å². The summed E-state index contributed by atoms with van der Waals surface area (Å²) in [6.45, 7) is 9.65. The lowest BCUT2D eigenvalue weighted by atomic mass is 9.55. The number of nitrogens with one attached hydrogen (secondary N) is 1. The van der Waals surface area contributed by atoms with Crippen molar-refractivity contribution in [2.75, 3.05) is 26.1 Å². The lowest BCUT2D eigenvalue weighted by molar-refractivity contribution is -0.469. The number of nitrogens with zero attached hydrogens (tertiary/aromatic N) is 4. The molecule has 0 unspecified atom stereocenters.